The summed E-state index contributed by atoms with van der Waals surface area (Å²) in [6, 6.07) is 16.2. The number of ether oxygens (including phenoxy) is 1. The van der Waals surface area contributed by atoms with Crippen LogP contribution in [0.15, 0.2) is 54.6 Å². The highest BCUT2D eigenvalue weighted by Gasteiger charge is 2.21. The lowest BCUT2D eigenvalue weighted by atomic mass is 10.1. The van der Waals surface area contributed by atoms with E-state index in [1.807, 2.05) is 48.7 Å². The lowest BCUT2D eigenvalue weighted by Gasteiger charge is -2.29. The number of carbonyl (C=O) groups is 2. The number of amides is 2. The first-order chi connectivity index (χ1) is 14.2. The number of nitrogens with zero attached hydrogens (tertiary/aromatic N) is 1. The number of carbonyl (C=O) groups excluding carboxylic acids is 2. The van der Waals surface area contributed by atoms with Crippen molar-refractivity contribution in [2.75, 3.05) is 48.5 Å². The summed E-state index contributed by atoms with van der Waals surface area (Å²) in [6.45, 7) is 3.20. The van der Waals surface area contributed by atoms with Gasteiger partial charge in [-0.2, -0.15) is 11.8 Å². The fraction of sp³-hybridized carbons (Fsp3) is 0.364. The lowest BCUT2D eigenvalue weighted by molar-refractivity contribution is -0.118. The summed E-state index contributed by atoms with van der Waals surface area (Å²) < 4.78 is 5.38. The molecule has 0 radical (unpaired) electrons. The zero-order valence-corrected chi connectivity index (χ0v) is 17.4. The Balaban J connectivity index is 1.62. The normalized spacial score (nSPS) is 14.9. The summed E-state index contributed by atoms with van der Waals surface area (Å²) in [5, 5.41) is 5.80. The molecule has 6 nitrogen and oxygen atoms in total. The number of benzene rings is 2. The van der Waals surface area contributed by atoms with Crippen LogP contribution in [0.3, 0.4) is 0 Å². The van der Waals surface area contributed by atoms with Gasteiger partial charge in [0.15, 0.2) is 0 Å². The molecule has 2 amide bonds. The molecule has 0 bridgehead atoms. The van der Waals surface area contributed by atoms with E-state index in [-0.39, 0.29) is 11.8 Å². The Morgan fingerprint density at radius 3 is 2.41 bits per heavy atom. The Morgan fingerprint density at radius 2 is 1.76 bits per heavy atom. The fourth-order valence-corrected chi connectivity index (χ4v) is 3.61. The molecule has 1 aliphatic heterocycles. The molecule has 3 rings (SSSR count). The van der Waals surface area contributed by atoms with Gasteiger partial charge in [0.25, 0.3) is 5.91 Å². The smallest absolute Gasteiger partial charge is 0.251 e. The molecule has 7 heteroatoms. The van der Waals surface area contributed by atoms with E-state index in [0.717, 1.165) is 43.4 Å². The molecule has 0 aliphatic carbocycles. The highest BCUT2D eigenvalue weighted by Crippen LogP contribution is 2.19. The molecule has 0 saturated carbocycles. The van der Waals surface area contributed by atoms with Crippen LogP contribution >= 0.6 is 11.8 Å². The van der Waals surface area contributed by atoms with Crippen molar-refractivity contribution in [2.24, 2.45) is 0 Å². The van der Waals surface area contributed by atoms with Crippen LogP contribution in [-0.2, 0) is 9.53 Å². The molecule has 0 spiro atoms. The third-order valence-corrected chi connectivity index (χ3v) is 5.42. The first-order valence-electron chi connectivity index (χ1n) is 9.76. The van der Waals surface area contributed by atoms with Gasteiger partial charge in [0.2, 0.25) is 5.91 Å². The second-order valence-corrected chi connectivity index (χ2v) is 7.79. The Hall–Kier alpha value is -2.51. The van der Waals surface area contributed by atoms with Crippen molar-refractivity contribution >= 4 is 35.0 Å². The Kier molecular flexibility index (Phi) is 7.95. The van der Waals surface area contributed by atoms with E-state index in [0.29, 0.717) is 12.0 Å². The molecule has 2 aromatic carbocycles. The van der Waals surface area contributed by atoms with Gasteiger partial charge >= 0.3 is 0 Å². The minimum absolute atomic E-state index is 0.206. The summed E-state index contributed by atoms with van der Waals surface area (Å²) in [5.74, 6) is 0.334. The predicted molar refractivity (Wildman–Crippen MR) is 119 cm³/mol. The van der Waals surface area contributed by atoms with Crippen LogP contribution in [0.5, 0.6) is 0 Å². The Labute approximate surface area is 176 Å². The molecule has 154 valence electrons. The molecule has 1 saturated heterocycles. The van der Waals surface area contributed by atoms with E-state index in [4.69, 9.17) is 4.74 Å². The SMILES string of the molecule is CSCC[C@H](NC(=O)c1ccccc1)C(=O)Nc1ccc(N2CCOCC2)cc1. The summed E-state index contributed by atoms with van der Waals surface area (Å²) in [4.78, 5) is 27.6. The summed E-state index contributed by atoms with van der Waals surface area (Å²) in [6.07, 6.45) is 2.55. The number of anilines is 2. The molecule has 1 heterocycles. The topological polar surface area (TPSA) is 70.7 Å². The van der Waals surface area contributed by atoms with E-state index < -0.39 is 6.04 Å². The van der Waals surface area contributed by atoms with Crippen LogP contribution in [0.2, 0.25) is 0 Å². The molecule has 1 atom stereocenters. The van der Waals surface area contributed by atoms with Gasteiger partial charge in [0.1, 0.15) is 6.04 Å². The quantitative estimate of drug-likeness (QED) is 0.696. The van der Waals surface area contributed by atoms with Gasteiger partial charge < -0.3 is 20.3 Å². The van der Waals surface area contributed by atoms with Gasteiger partial charge in [0.05, 0.1) is 13.2 Å². The number of morpholine rings is 1. The maximum absolute atomic E-state index is 12.8. The van der Waals surface area contributed by atoms with Crippen LogP contribution < -0.4 is 15.5 Å². The average molecular weight is 414 g/mol. The molecule has 2 N–H and O–H groups in total. The van der Waals surface area contributed by atoms with Crippen LogP contribution in [0.1, 0.15) is 16.8 Å². The molecule has 0 aromatic heterocycles. The second kappa shape index (κ2) is 10.9. The van der Waals surface area contributed by atoms with Crippen LogP contribution in [-0.4, -0.2) is 56.2 Å². The zero-order chi connectivity index (χ0) is 20.5. The van der Waals surface area contributed by atoms with Crippen molar-refractivity contribution in [1.82, 2.24) is 5.32 Å². The van der Waals surface area contributed by atoms with Crippen molar-refractivity contribution in [3.63, 3.8) is 0 Å². The van der Waals surface area contributed by atoms with Crippen molar-refractivity contribution in [3.8, 4) is 0 Å². The number of nitrogens with one attached hydrogen (secondary N) is 2. The van der Waals surface area contributed by atoms with Gasteiger partial charge in [0, 0.05) is 30.0 Å². The monoisotopic (exact) mass is 413 g/mol. The zero-order valence-electron chi connectivity index (χ0n) is 16.6. The highest BCUT2D eigenvalue weighted by molar-refractivity contribution is 7.98. The van der Waals surface area contributed by atoms with E-state index in [2.05, 4.69) is 15.5 Å². The third kappa shape index (κ3) is 6.24. The molecular weight excluding hydrogens is 386 g/mol. The average Bonchev–Trinajstić information content (AvgIpc) is 2.78. The predicted octanol–water partition coefficient (Wildman–Crippen LogP) is 3.01. The largest absolute Gasteiger partial charge is 0.378 e. The summed E-state index contributed by atoms with van der Waals surface area (Å²) >= 11 is 1.65. The molecule has 1 aliphatic rings. The van der Waals surface area contributed by atoms with Gasteiger partial charge in [-0.05, 0) is 54.8 Å². The minimum atomic E-state index is -0.589. The van der Waals surface area contributed by atoms with E-state index >= 15 is 0 Å². The fourth-order valence-electron chi connectivity index (χ4n) is 3.14. The van der Waals surface area contributed by atoms with Gasteiger partial charge in [-0.1, -0.05) is 18.2 Å². The van der Waals surface area contributed by atoms with Crippen molar-refractivity contribution < 1.29 is 14.3 Å². The Morgan fingerprint density at radius 1 is 1.07 bits per heavy atom. The van der Waals surface area contributed by atoms with Crippen molar-refractivity contribution in [3.05, 3.63) is 60.2 Å². The molecule has 29 heavy (non-hydrogen) atoms. The summed E-state index contributed by atoms with van der Waals surface area (Å²) in [5.41, 5.74) is 2.38. The minimum Gasteiger partial charge on any atom is -0.378 e. The van der Waals surface area contributed by atoms with E-state index in [1.54, 1.807) is 23.9 Å². The first-order valence-corrected chi connectivity index (χ1v) is 11.2. The molecule has 1 fully saturated rings. The van der Waals surface area contributed by atoms with Gasteiger partial charge in [-0.3, -0.25) is 9.59 Å². The van der Waals surface area contributed by atoms with E-state index in [9.17, 15) is 9.59 Å². The first kappa shape index (κ1) is 21.2. The van der Waals surface area contributed by atoms with Crippen LogP contribution in [0.4, 0.5) is 11.4 Å². The third-order valence-electron chi connectivity index (χ3n) is 4.78. The standard InChI is InChI=1S/C22H27N3O3S/c1-29-16-11-20(24-21(26)17-5-3-2-4-6-17)22(27)23-18-7-9-19(10-8-18)25-12-14-28-15-13-25/h2-10,20H,11-16H2,1H3,(H,23,27)(H,24,26)/t20-/m0/s1. The van der Waals surface area contributed by atoms with Crippen molar-refractivity contribution in [1.29, 1.82) is 0 Å². The second-order valence-electron chi connectivity index (χ2n) is 6.81. The van der Waals surface area contributed by atoms with Gasteiger partial charge in [-0.25, -0.2) is 0 Å². The maximum Gasteiger partial charge on any atom is 0.251 e. The number of hydrogen-bond acceptors (Lipinski definition) is 5. The van der Waals surface area contributed by atoms with E-state index in [1.165, 1.54) is 0 Å². The van der Waals surface area contributed by atoms with Crippen LogP contribution in [0, 0.1) is 0 Å². The number of hydrogen-bond donors (Lipinski definition) is 2. The number of rotatable bonds is 8. The lowest BCUT2D eigenvalue weighted by Crippen LogP contribution is -2.44. The molecular formula is C22H27N3O3S. The maximum atomic E-state index is 12.8. The van der Waals surface area contributed by atoms with Gasteiger partial charge in [-0.15, -0.1) is 0 Å². The van der Waals surface area contributed by atoms with Crippen LogP contribution in [0.25, 0.3) is 0 Å². The number of thioether (sulfide) groups is 1. The Bertz CT molecular complexity index is 793. The molecule has 2 aromatic rings. The van der Waals surface area contributed by atoms with Crippen molar-refractivity contribution in [2.45, 2.75) is 12.5 Å². The summed E-state index contributed by atoms with van der Waals surface area (Å²) in [7, 11) is 0. The highest BCUT2D eigenvalue weighted by atomic mass is 32.2. The molecule has 0 unspecified atom stereocenters.